The van der Waals surface area contributed by atoms with Crippen LogP contribution in [0.1, 0.15) is 43.2 Å². The van der Waals surface area contributed by atoms with Gasteiger partial charge in [-0.05, 0) is 25.3 Å². The number of aliphatic hydroxyl groups is 1. The molecule has 1 N–H and O–H groups in total. The second-order valence-electron chi connectivity index (χ2n) is 6.27. The SMILES string of the molecule is Cc1ccc(Oc2ncc(CO)c(C)n2)c(C(C)(C)C)c1. The first kappa shape index (κ1) is 15.4. The molecule has 0 aliphatic heterocycles. The van der Waals surface area contributed by atoms with Crippen LogP contribution < -0.4 is 4.74 Å². The summed E-state index contributed by atoms with van der Waals surface area (Å²) in [5.74, 6) is 0.768. The van der Waals surface area contributed by atoms with Crippen molar-refractivity contribution in [3.63, 3.8) is 0 Å². The average Bonchev–Trinajstić information content (AvgIpc) is 2.40. The molecular weight excluding hydrogens is 264 g/mol. The van der Waals surface area contributed by atoms with Crippen molar-refractivity contribution in [1.29, 1.82) is 0 Å². The minimum Gasteiger partial charge on any atom is -0.424 e. The molecule has 4 heteroatoms. The average molecular weight is 286 g/mol. The second-order valence-corrected chi connectivity index (χ2v) is 6.27. The molecule has 2 rings (SSSR count). The molecule has 0 bridgehead atoms. The molecule has 0 radical (unpaired) electrons. The normalized spacial score (nSPS) is 11.5. The fourth-order valence-corrected chi connectivity index (χ4v) is 2.09. The Hall–Kier alpha value is -1.94. The van der Waals surface area contributed by atoms with Crippen LogP contribution in [-0.2, 0) is 12.0 Å². The maximum atomic E-state index is 9.16. The van der Waals surface area contributed by atoms with Gasteiger partial charge in [0.15, 0.2) is 0 Å². The highest BCUT2D eigenvalue weighted by molar-refractivity contribution is 5.42. The van der Waals surface area contributed by atoms with E-state index < -0.39 is 0 Å². The van der Waals surface area contributed by atoms with Crippen molar-refractivity contribution in [2.75, 3.05) is 0 Å². The quantitative estimate of drug-likeness (QED) is 0.935. The number of nitrogens with zero attached hydrogens (tertiary/aromatic N) is 2. The number of hydrogen-bond acceptors (Lipinski definition) is 4. The molecule has 0 unspecified atom stereocenters. The van der Waals surface area contributed by atoms with E-state index in [2.05, 4.69) is 43.7 Å². The number of aromatic nitrogens is 2. The summed E-state index contributed by atoms with van der Waals surface area (Å²) in [7, 11) is 0. The van der Waals surface area contributed by atoms with Gasteiger partial charge in [0.2, 0.25) is 0 Å². The lowest BCUT2D eigenvalue weighted by molar-refractivity contribution is 0.279. The van der Waals surface area contributed by atoms with E-state index in [1.54, 1.807) is 6.20 Å². The largest absolute Gasteiger partial charge is 0.424 e. The van der Waals surface area contributed by atoms with Crippen LogP contribution in [-0.4, -0.2) is 15.1 Å². The summed E-state index contributed by atoms with van der Waals surface area (Å²) in [6.45, 7) is 10.3. The van der Waals surface area contributed by atoms with Gasteiger partial charge in [-0.3, -0.25) is 0 Å². The molecule has 21 heavy (non-hydrogen) atoms. The molecule has 1 aromatic heterocycles. The molecule has 0 spiro atoms. The fraction of sp³-hybridized carbons (Fsp3) is 0.412. The standard InChI is InChI=1S/C17H22N2O2/c1-11-6-7-15(14(8-11)17(3,4)5)21-16-18-9-13(10-20)12(2)19-16/h6-9,20H,10H2,1-5H3. The van der Waals surface area contributed by atoms with E-state index >= 15 is 0 Å². The smallest absolute Gasteiger partial charge is 0.322 e. The van der Waals surface area contributed by atoms with Crippen molar-refractivity contribution < 1.29 is 9.84 Å². The van der Waals surface area contributed by atoms with Gasteiger partial charge in [0.1, 0.15) is 5.75 Å². The van der Waals surface area contributed by atoms with Crippen LogP contribution in [0.2, 0.25) is 0 Å². The Balaban J connectivity index is 2.38. The van der Waals surface area contributed by atoms with Gasteiger partial charge in [0.05, 0.1) is 12.3 Å². The molecule has 0 aliphatic carbocycles. The third-order valence-electron chi connectivity index (χ3n) is 3.37. The monoisotopic (exact) mass is 286 g/mol. The summed E-state index contributed by atoms with van der Waals surface area (Å²) in [6, 6.07) is 6.40. The molecule has 0 saturated heterocycles. The van der Waals surface area contributed by atoms with Gasteiger partial charge in [-0.25, -0.2) is 4.98 Å². The third kappa shape index (κ3) is 3.58. The number of aryl methyl sites for hydroxylation is 2. The maximum absolute atomic E-state index is 9.16. The van der Waals surface area contributed by atoms with Crippen molar-refractivity contribution in [2.45, 2.75) is 46.6 Å². The van der Waals surface area contributed by atoms with Crippen molar-refractivity contribution in [1.82, 2.24) is 9.97 Å². The minimum absolute atomic E-state index is 0.0264. The highest BCUT2D eigenvalue weighted by Gasteiger charge is 2.20. The van der Waals surface area contributed by atoms with Gasteiger partial charge in [0, 0.05) is 17.3 Å². The van der Waals surface area contributed by atoms with E-state index in [4.69, 9.17) is 9.84 Å². The molecule has 0 amide bonds. The Morgan fingerprint density at radius 1 is 1.19 bits per heavy atom. The third-order valence-corrected chi connectivity index (χ3v) is 3.37. The number of hydrogen-bond donors (Lipinski definition) is 1. The van der Waals surface area contributed by atoms with Crippen LogP contribution in [0.5, 0.6) is 11.8 Å². The summed E-state index contributed by atoms with van der Waals surface area (Å²) in [5.41, 5.74) is 3.73. The Labute approximate surface area is 125 Å². The Kier molecular flexibility index (Phi) is 4.28. The number of benzene rings is 1. The van der Waals surface area contributed by atoms with E-state index in [-0.39, 0.29) is 12.0 Å². The fourth-order valence-electron chi connectivity index (χ4n) is 2.09. The van der Waals surface area contributed by atoms with E-state index in [1.807, 2.05) is 19.1 Å². The zero-order valence-corrected chi connectivity index (χ0v) is 13.3. The van der Waals surface area contributed by atoms with Crippen molar-refractivity contribution in [3.05, 3.63) is 46.8 Å². The molecule has 0 fully saturated rings. The van der Waals surface area contributed by atoms with E-state index in [9.17, 15) is 0 Å². The first-order valence-electron chi connectivity index (χ1n) is 7.03. The predicted molar refractivity (Wildman–Crippen MR) is 82.6 cm³/mol. The summed E-state index contributed by atoms with van der Waals surface area (Å²) in [4.78, 5) is 8.45. The predicted octanol–water partition coefficient (Wildman–Crippen LogP) is 3.68. The second kappa shape index (κ2) is 5.82. The van der Waals surface area contributed by atoms with Gasteiger partial charge >= 0.3 is 6.01 Å². The van der Waals surface area contributed by atoms with Crippen LogP contribution in [0.3, 0.4) is 0 Å². The molecule has 1 heterocycles. The molecular formula is C17H22N2O2. The Morgan fingerprint density at radius 2 is 1.90 bits per heavy atom. The summed E-state index contributed by atoms with van der Waals surface area (Å²) in [5, 5.41) is 9.16. The summed E-state index contributed by atoms with van der Waals surface area (Å²) < 4.78 is 5.87. The topological polar surface area (TPSA) is 55.2 Å². The van der Waals surface area contributed by atoms with Gasteiger partial charge in [0.25, 0.3) is 0 Å². The maximum Gasteiger partial charge on any atom is 0.322 e. The van der Waals surface area contributed by atoms with Crippen molar-refractivity contribution in [3.8, 4) is 11.8 Å². The first-order valence-corrected chi connectivity index (χ1v) is 7.03. The summed E-state index contributed by atoms with van der Waals surface area (Å²) in [6.07, 6.45) is 1.60. The Bertz CT molecular complexity index is 646. The molecule has 2 aromatic rings. The number of ether oxygens (including phenoxy) is 1. The van der Waals surface area contributed by atoms with Crippen LogP contribution in [0, 0.1) is 13.8 Å². The lowest BCUT2D eigenvalue weighted by Gasteiger charge is -2.22. The highest BCUT2D eigenvalue weighted by atomic mass is 16.5. The molecule has 0 atom stereocenters. The van der Waals surface area contributed by atoms with E-state index in [0.717, 1.165) is 17.0 Å². The van der Waals surface area contributed by atoms with E-state index in [1.165, 1.54) is 5.56 Å². The molecule has 4 nitrogen and oxygen atoms in total. The van der Waals surface area contributed by atoms with Crippen molar-refractivity contribution in [2.24, 2.45) is 0 Å². The highest BCUT2D eigenvalue weighted by Crippen LogP contribution is 2.34. The summed E-state index contributed by atoms with van der Waals surface area (Å²) >= 11 is 0. The molecule has 1 aromatic carbocycles. The van der Waals surface area contributed by atoms with E-state index in [0.29, 0.717) is 11.6 Å². The van der Waals surface area contributed by atoms with Gasteiger partial charge in [-0.15, -0.1) is 0 Å². The molecule has 112 valence electrons. The van der Waals surface area contributed by atoms with Crippen LogP contribution in [0.15, 0.2) is 24.4 Å². The zero-order valence-electron chi connectivity index (χ0n) is 13.3. The molecule has 0 saturated carbocycles. The molecule has 0 aliphatic rings. The van der Waals surface area contributed by atoms with Gasteiger partial charge in [-0.2, -0.15) is 4.98 Å². The van der Waals surface area contributed by atoms with Crippen LogP contribution in [0.25, 0.3) is 0 Å². The van der Waals surface area contributed by atoms with Crippen LogP contribution in [0.4, 0.5) is 0 Å². The van der Waals surface area contributed by atoms with Gasteiger partial charge in [-0.1, -0.05) is 38.5 Å². The Morgan fingerprint density at radius 3 is 2.48 bits per heavy atom. The van der Waals surface area contributed by atoms with Crippen LogP contribution >= 0.6 is 0 Å². The first-order chi connectivity index (χ1) is 9.81. The van der Waals surface area contributed by atoms with Gasteiger partial charge < -0.3 is 9.84 Å². The minimum atomic E-state index is -0.0656. The zero-order chi connectivity index (χ0) is 15.6. The lowest BCUT2D eigenvalue weighted by Crippen LogP contribution is -2.13. The lowest BCUT2D eigenvalue weighted by atomic mass is 9.85. The number of rotatable bonds is 3. The van der Waals surface area contributed by atoms with Crippen molar-refractivity contribution >= 4 is 0 Å². The number of aliphatic hydroxyl groups excluding tert-OH is 1.